The van der Waals surface area contributed by atoms with Gasteiger partial charge in [-0.05, 0) is 56.3 Å². The minimum Gasteiger partial charge on any atom is -0.484 e. The number of nitrogens with one attached hydrogen (secondary N) is 2. The molecule has 2 aromatic carbocycles. The molecule has 1 amide bonds. The zero-order chi connectivity index (χ0) is 19.3. The Balaban J connectivity index is 2.04. The van der Waals surface area contributed by atoms with Crippen molar-refractivity contribution in [1.82, 2.24) is 5.32 Å². The van der Waals surface area contributed by atoms with E-state index in [1.807, 2.05) is 13.8 Å². The molecule has 2 aromatic rings. The first-order valence-corrected chi connectivity index (χ1v) is 9.91. The van der Waals surface area contributed by atoms with Gasteiger partial charge < -0.3 is 10.1 Å². The van der Waals surface area contributed by atoms with Gasteiger partial charge in [0, 0.05) is 6.04 Å². The number of rotatable bonds is 7. The molecule has 26 heavy (non-hydrogen) atoms. The zero-order valence-electron chi connectivity index (χ0n) is 14.1. The number of benzene rings is 2. The van der Waals surface area contributed by atoms with Crippen molar-refractivity contribution in [3.63, 3.8) is 0 Å². The molecular weight excluding hydrogens is 399 g/mol. The third kappa shape index (κ3) is 5.79. The molecule has 0 aromatic heterocycles. The van der Waals surface area contributed by atoms with Gasteiger partial charge in [-0.2, -0.15) is 0 Å². The van der Waals surface area contributed by atoms with Gasteiger partial charge in [-0.1, -0.05) is 23.2 Å². The standard InChI is InChI=1S/C17H18Cl2N2O4S/c1-11(2)20-17(22)10-25-13-4-6-14(7-5-13)26(23,24)21-12-3-8-15(18)16(19)9-12/h3-9,11,21H,10H2,1-2H3,(H,20,22). The van der Waals surface area contributed by atoms with Crippen LogP contribution in [0, 0.1) is 0 Å². The molecule has 140 valence electrons. The van der Waals surface area contributed by atoms with E-state index in [0.29, 0.717) is 16.5 Å². The summed E-state index contributed by atoms with van der Waals surface area (Å²) in [6.07, 6.45) is 0. The Bertz CT molecular complexity index is 884. The lowest BCUT2D eigenvalue weighted by Gasteiger charge is -2.11. The highest BCUT2D eigenvalue weighted by atomic mass is 35.5. The van der Waals surface area contributed by atoms with Crippen molar-refractivity contribution < 1.29 is 17.9 Å². The van der Waals surface area contributed by atoms with Crippen LogP contribution in [0.3, 0.4) is 0 Å². The number of carbonyl (C=O) groups is 1. The lowest BCUT2D eigenvalue weighted by Crippen LogP contribution is -2.34. The highest BCUT2D eigenvalue weighted by molar-refractivity contribution is 7.92. The predicted octanol–water partition coefficient (Wildman–Crippen LogP) is 3.70. The van der Waals surface area contributed by atoms with E-state index in [1.54, 1.807) is 0 Å². The van der Waals surface area contributed by atoms with Crippen molar-refractivity contribution in [3.05, 3.63) is 52.5 Å². The topological polar surface area (TPSA) is 84.5 Å². The van der Waals surface area contributed by atoms with Gasteiger partial charge in [-0.3, -0.25) is 9.52 Å². The quantitative estimate of drug-likeness (QED) is 0.720. The van der Waals surface area contributed by atoms with E-state index < -0.39 is 10.0 Å². The first kappa shape index (κ1) is 20.4. The van der Waals surface area contributed by atoms with E-state index in [9.17, 15) is 13.2 Å². The highest BCUT2D eigenvalue weighted by Gasteiger charge is 2.15. The Labute approximate surface area is 162 Å². The normalized spacial score (nSPS) is 11.3. The summed E-state index contributed by atoms with van der Waals surface area (Å²) in [4.78, 5) is 11.6. The maximum absolute atomic E-state index is 12.4. The first-order valence-electron chi connectivity index (χ1n) is 7.67. The van der Waals surface area contributed by atoms with Crippen LogP contribution < -0.4 is 14.8 Å². The molecule has 0 aliphatic carbocycles. The Morgan fingerprint density at radius 2 is 1.73 bits per heavy atom. The summed E-state index contributed by atoms with van der Waals surface area (Å²) in [5.41, 5.74) is 0.296. The molecule has 0 unspecified atom stereocenters. The molecule has 0 spiro atoms. The van der Waals surface area contributed by atoms with E-state index in [4.69, 9.17) is 27.9 Å². The lowest BCUT2D eigenvalue weighted by molar-refractivity contribution is -0.123. The van der Waals surface area contributed by atoms with E-state index in [2.05, 4.69) is 10.0 Å². The van der Waals surface area contributed by atoms with E-state index in [0.717, 1.165) is 0 Å². The van der Waals surface area contributed by atoms with E-state index >= 15 is 0 Å². The average molecular weight is 417 g/mol. The van der Waals surface area contributed by atoms with Gasteiger partial charge in [0.05, 0.1) is 20.6 Å². The van der Waals surface area contributed by atoms with Gasteiger partial charge in [-0.15, -0.1) is 0 Å². The van der Waals surface area contributed by atoms with Gasteiger partial charge in [0.1, 0.15) is 5.75 Å². The molecule has 0 heterocycles. The number of ether oxygens (including phenoxy) is 1. The Hall–Kier alpha value is -1.96. The summed E-state index contributed by atoms with van der Waals surface area (Å²) in [5, 5.41) is 3.27. The van der Waals surface area contributed by atoms with Gasteiger partial charge in [-0.25, -0.2) is 8.42 Å². The Morgan fingerprint density at radius 3 is 2.31 bits per heavy atom. The van der Waals surface area contributed by atoms with Crippen LogP contribution in [0.4, 0.5) is 5.69 Å². The Morgan fingerprint density at radius 1 is 1.08 bits per heavy atom. The van der Waals surface area contributed by atoms with Crippen molar-refractivity contribution in [2.24, 2.45) is 0 Å². The number of sulfonamides is 1. The van der Waals surface area contributed by atoms with Crippen molar-refractivity contribution in [3.8, 4) is 5.75 Å². The van der Waals surface area contributed by atoms with E-state index in [1.165, 1.54) is 42.5 Å². The van der Waals surface area contributed by atoms with Crippen LogP contribution in [0.5, 0.6) is 5.75 Å². The third-order valence-electron chi connectivity index (χ3n) is 3.13. The number of amides is 1. The zero-order valence-corrected chi connectivity index (χ0v) is 16.5. The van der Waals surface area contributed by atoms with Gasteiger partial charge in [0.25, 0.3) is 15.9 Å². The second-order valence-electron chi connectivity index (χ2n) is 5.72. The van der Waals surface area contributed by atoms with Crippen LogP contribution in [-0.2, 0) is 14.8 Å². The van der Waals surface area contributed by atoms with Gasteiger partial charge in [0.2, 0.25) is 0 Å². The highest BCUT2D eigenvalue weighted by Crippen LogP contribution is 2.26. The van der Waals surface area contributed by atoms with Crippen LogP contribution in [0.1, 0.15) is 13.8 Å². The number of carbonyl (C=O) groups excluding carboxylic acids is 1. The maximum atomic E-state index is 12.4. The van der Waals surface area contributed by atoms with Crippen LogP contribution in [0.15, 0.2) is 47.4 Å². The van der Waals surface area contributed by atoms with Crippen molar-refractivity contribution >= 4 is 44.8 Å². The minimum atomic E-state index is -3.79. The molecule has 0 aliphatic rings. The molecule has 2 N–H and O–H groups in total. The summed E-state index contributed by atoms with van der Waals surface area (Å²) < 4.78 is 32.6. The van der Waals surface area contributed by atoms with Crippen molar-refractivity contribution in [2.45, 2.75) is 24.8 Å². The number of anilines is 1. The fourth-order valence-corrected chi connectivity index (χ4v) is 3.35. The molecule has 6 nitrogen and oxygen atoms in total. The molecule has 0 radical (unpaired) electrons. The van der Waals surface area contributed by atoms with Crippen molar-refractivity contribution in [1.29, 1.82) is 0 Å². The summed E-state index contributed by atoms with van der Waals surface area (Å²) in [7, 11) is -3.79. The molecule has 0 fully saturated rings. The van der Waals surface area contributed by atoms with Crippen LogP contribution in [0.25, 0.3) is 0 Å². The molecule has 0 saturated carbocycles. The largest absolute Gasteiger partial charge is 0.484 e. The molecule has 0 aliphatic heterocycles. The predicted molar refractivity (Wildman–Crippen MR) is 102 cm³/mol. The van der Waals surface area contributed by atoms with Crippen LogP contribution in [0.2, 0.25) is 10.0 Å². The van der Waals surface area contributed by atoms with Crippen LogP contribution in [-0.4, -0.2) is 27.0 Å². The summed E-state index contributed by atoms with van der Waals surface area (Å²) in [5.74, 6) is 0.135. The van der Waals surface area contributed by atoms with Crippen molar-refractivity contribution in [2.75, 3.05) is 11.3 Å². The molecular formula is C17H18Cl2N2O4S. The Kier molecular flexibility index (Phi) is 6.75. The SMILES string of the molecule is CC(C)NC(=O)COc1ccc(S(=O)(=O)Nc2ccc(Cl)c(Cl)c2)cc1. The minimum absolute atomic E-state index is 0.0195. The number of halogens is 2. The number of hydrogen-bond acceptors (Lipinski definition) is 4. The van der Waals surface area contributed by atoms with Gasteiger partial charge in [0.15, 0.2) is 6.61 Å². The molecule has 0 atom stereocenters. The summed E-state index contributed by atoms with van der Waals surface area (Å²) >= 11 is 11.7. The number of hydrogen-bond donors (Lipinski definition) is 2. The van der Waals surface area contributed by atoms with Gasteiger partial charge >= 0.3 is 0 Å². The fourth-order valence-electron chi connectivity index (χ4n) is 2.00. The maximum Gasteiger partial charge on any atom is 0.261 e. The summed E-state index contributed by atoms with van der Waals surface area (Å²) in [6.45, 7) is 3.54. The monoisotopic (exact) mass is 416 g/mol. The molecule has 9 heteroatoms. The molecule has 0 saturated heterocycles. The second-order valence-corrected chi connectivity index (χ2v) is 8.21. The lowest BCUT2D eigenvalue weighted by atomic mass is 10.3. The third-order valence-corrected chi connectivity index (χ3v) is 5.26. The first-order chi connectivity index (χ1) is 12.2. The fraction of sp³-hybridized carbons (Fsp3) is 0.235. The molecule has 2 rings (SSSR count). The average Bonchev–Trinajstić information content (AvgIpc) is 2.56. The smallest absolute Gasteiger partial charge is 0.261 e. The summed E-state index contributed by atoms with van der Waals surface area (Å²) in [6, 6.07) is 10.2. The van der Waals surface area contributed by atoms with Crippen LogP contribution >= 0.6 is 23.2 Å². The van der Waals surface area contributed by atoms with E-state index in [-0.39, 0.29) is 28.5 Å². The molecule has 0 bridgehead atoms. The second kappa shape index (κ2) is 8.62.